The number of anilines is 2. The third-order valence-electron chi connectivity index (χ3n) is 3.09. The van der Waals surface area contributed by atoms with E-state index in [-0.39, 0.29) is 0 Å². The van der Waals surface area contributed by atoms with Crippen LogP contribution in [0.2, 0.25) is 0 Å². The molecule has 3 N–H and O–H groups in total. The minimum atomic E-state index is 0.785. The van der Waals surface area contributed by atoms with Gasteiger partial charge in [-0.3, -0.25) is 0 Å². The normalized spacial score (nSPS) is 11.1. The Morgan fingerprint density at radius 1 is 1.30 bits per heavy atom. The first kappa shape index (κ1) is 15.1. The Bertz CT molecular complexity index is 553. The number of benzene rings is 1. The van der Waals surface area contributed by atoms with Gasteiger partial charge in [-0.2, -0.15) is 0 Å². The molecule has 1 aromatic heterocycles. The summed E-state index contributed by atoms with van der Waals surface area (Å²) in [6, 6.07) is 4.03. The zero-order valence-corrected chi connectivity index (χ0v) is 13.1. The molecule has 5 heteroatoms. The van der Waals surface area contributed by atoms with Crippen LogP contribution in [0.5, 0.6) is 0 Å². The lowest BCUT2D eigenvalue weighted by Crippen LogP contribution is -2.07. The van der Waals surface area contributed by atoms with Crippen LogP contribution in [0.25, 0.3) is 10.2 Å². The Hall–Kier alpha value is -1.33. The molecule has 0 saturated heterocycles. The molecule has 1 aromatic carbocycles. The predicted molar refractivity (Wildman–Crippen MR) is 87.6 cm³/mol. The van der Waals surface area contributed by atoms with Crippen molar-refractivity contribution in [1.82, 2.24) is 4.98 Å². The van der Waals surface area contributed by atoms with Crippen LogP contribution in [0.15, 0.2) is 12.1 Å². The van der Waals surface area contributed by atoms with Crippen molar-refractivity contribution >= 4 is 32.9 Å². The van der Waals surface area contributed by atoms with Crippen molar-refractivity contribution in [1.29, 1.82) is 0 Å². The SMILES string of the molecule is CCCCOCCCNc1cc2nc(C)sc2cc1N. The molecule has 0 unspecified atom stereocenters. The second-order valence-corrected chi connectivity index (χ2v) is 6.12. The molecular weight excluding hydrogens is 270 g/mol. The van der Waals surface area contributed by atoms with Crippen LogP contribution in [0.4, 0.5) is 11.4 Å². The van der Waals surface area contributed by atoms with Crippen molar-refractivity contribution in [2.24, 2.45) is 0 Å². The Morgan fingerprint density at radius 2 is 2.10 bits per heavy atom. The number of hydrogen-bond donors (Lipinski definition) is 2. The molecule has 1 heterocycles. The first-order chi connectivity index (χ1) is 9.70. The van der Waals surface area contributed by atoms with Gasteiger partial charge in [-0.25, -0.2) is 4.98 Å². The second kappa shape index (κ2) is 7.45. The van der Waals surface area contributed by atoms with Gasteiger partial charge in [0.15, 0.2) is 0 Å². The summed E-state index contributed by atoms with van der Waals surface area (Å²) in [5, 5.41) is 4.44. The highest BCUT2D eigenvalue weighted by molar-refractivity contribution is 7.18. The van der Waals surface area contributed by atoms with Crippen LogP contribution >= 0.6 is 11.3 Å². The fourth-order valence-electron chi connectivity index (χ4n) is 2.00. The van der Waals surface area contributed by atoms with Crippen molar-refractivity contribution in [3.63, 3.8) is 0 Å². The Kier molecular flexibility index (Phi) is 5.61. The van der Waals surface area contributed by atoms with Gasteiger partial charge in [-0.1, -0.05) is 13.3 Å². The number of thiazole rings is 1. The van der Waals surface area contributed by atoms with Crippen molar-refractivity contribution in [3.8, 4) is 0 Å². The van der Waals surface area contributed by atoms with E-state index in [1.54, 1.807) is 11.3 Å². The maximum absolute atomic E-state index is 6.06. The first-order valence-electron chi connectivity index (χ1n) is 7.19. The highest BCUT2D eigenvalue weighted by Gasteiger charge is 2.05. The summed E-state index contributed by atoms with van der Waals surface area (Å²) in [6.45, 7) is 6.71. The number of nitrogen functional groups attached to an aromatic ring is 1. The lowest BCUT2D eigenvalue weighted by atomic mass is 10.2. The van der Waals surface area contributed by atoms with Crippen LogP contribution < -0.4 is 11.1 Å². The fourth-order valence-corrected chi connectivity index (χ4v) is 2.86. The molecule has 0 aliphatic rings. The fraction of sp³-hybridized carbons (Fsp3) is 0.533. The molecule has 0 spiro atoms. The third kappa shape index (κ3) is 4.08. The number of ether oxygens (including phenoxy) is 1. The molecule has 2 rings (SSSR count). The molecular formula is C15H23N3OS. The van der Waals surface area contributed by atoms with Gasteiger partial charge in [0.25, 0.3) is 0 Å². The summed E-state index contributed by atoms with van der Waals surface area (Å²) in [7, 11) is 0. The van der Waals surface area contributed by atoms with E-state index in [4.69, 9.17) is 10.5 Å². The number of nitrogens with one attached hydrogen (secondary N) is 1. The molecule has 0 bridgehead atoms. The van der Waals surface area contributed by atoms with E-state index in [0.29, 0.717) is 0 Å². The summed E-state index contributed by atoms with van der Waals surface area (Å²) < 4.78 is 6.68. The number of rotatable bonds is 8. The Labute approximate surface area is 124 Å². The smallest absolute Gasteiger partial charge is 0.0907 e. The zero-order chi connectivity index (χ0) is 14.4. The maximum atomic E-state index is 6.06. The van der Waals surface area contributed by atoms with Crippen LogP contribution in [-0.4, -0.2) is 24.7 Å². The summed E-state index contributed by atoms with van der Waals surface area (Å²) in [6.07, 6.45) is 3.30. The quantitative estimate of drug-likeness (QED) is 0.574. The van der Waals surface area contributed by atoms with E-state index in [9.17, 15) is 0 Å². The minimum absolute atomic E-state index is 0.785. The molecule has 2 aromatic rings. The Morgan fingerprint density at radius 3 is 2.90 bits per heavy atom. The van der Waals surface area contributed by atoms with Crippen molar-refractivity contribution in [2.75, 3.05) is 30.8 Å². The molecule has 0 atom stereocenters. The van der Waals surface area contributed by atoms with E-state index in [2.05, 4.69) is 17.2 Å². The lowest BCUT2D eigenvalue weighted by molar-refractivity contribution is 0.131. The first-order valence-corrected chi connectivity index (χ1v) is 8.00. The molecule has 0 aliphatic heterocycles. The van der Waals surface area contributed by atoms with Crippen LogP contribution in [0.3, 0.4) is 0 Å². The van der Waals surface area contributed by atoms with Gasteiger partial charge >= 0.3 is 0 Å². The topological polar surface area (TPSA) is 60.2 Å². The molecule has 0 fully saturated rings. The molecule has 0 amide bonds. The standard InChI is InChI=1S/C15H23N3OS/c1-3-4-7-19-8-5-6-17-13-10-14-15(9-12(13)16)20-11(2)18-14/h9-10,17H,3-8,16H2,1-2H3. The zero-order valence-electron chi connectivity index (χ0n) is 12.2. The van der Waals surface area contributed by atoms with Crippen molar-refractivity contribution < 1.29 is 4.74 Å². The molecule has 0 aliphatic carbocycles. The summed E-state index contributed by atoms with van der Waals surface area (Å²) >= 11 is 1.68. The number of nitrogens with zero attached hydrogens (tertiary/aromatic N) is 1. The number of unbranched alkanes of at least 4 members (excludes halogenated alkanes) is 1. The second-order valence-electron chi connectivity index (χ2n) is 4.89. The van der Waals surface area contributed by atoms with Gasteiger partial charge in [0.2, 0.25) is 0 Å². The van der Waals surface area contributed by atoms with Gasteiger partial charge in [0.1, 0.15) is 0 Å². The van der Waals surface area contributed by atoms with Gasteiger partial charge in [-0.05, 0) is 31.9 Å². The third-order valence-corrected chi connectivity index (χ3v) is 4.02. The molecule has 4 nitrogen and oxygen atoms in total. The molecule has 0 radical (unpaired) electrons. The Balaban J connectivity index is 1.82. The highest BCUT2D eigenvalue weighted by atomic mass is 32.1. The van der Waals surface area contributed by atoms with Crippen LogP contribution in [-0.2, 0) is 4.74 Å². The van der Waals surface area contributed by atoms with Crippen molar-refractivity contribution in [3.05, 3.63) is 17.1 Å². The van der Waals surface area contributed by atoms with Crippen LogP contribution in [0, 0.1) is 6.92 Å². The average Bonchev–Trinajstić information content (AvgIpc) is 2.77. The van der Waals surface area contributed by atoms with E-state index < -0.39 is 0 Å². The molecule has 20 heavy (non-hydrogen) atoms. The number of hydrogen-bond acceptors (Lipinski definition) is 5. The van der Waals surface area contributed by atoms with Crippen molar-refractivity contribution in [2.45, 2.75) is 33.1 Å². The van der Waals surface area contributed by atoms with Gasteiger partial charge < -0.3 is 15.8 Å². The summed E-state index contributed by atoms with van der Waals surface area (Å²) in [4.78, 5) is 4.49. The number of aromatic nitrogens is 1. The monoisotopic (exact) mass is 293 g/mol. The number of fused-ring (bicyclic) bond motifs is 1. The molecule has 110 valence electrons. The predicted octanol–water partition coefficient (Wildman–Crippen LogP) is 3.81. The molecule has 0 saturated carbocycles. The van der Waals surface area contributed by atoms with Gasteiger partial charge in [0, 0.05) is 19.8 Å². The average molecular weight is 293 g/mol. The summed E-state index contributed by atoms with van der Waals surface area (Å²) in [5.41, 5.74) is 8.83. The minimum Gasteiger partial charge on any atom is -0.397 e. The van der Waals surface area contributed by atoms with Crippen LogP contribution in [0.1, 0.15) is 31.2 Å². The maximum Gasteiger partial charge on any atom is 0.0907 e. The van der Waals surface area contributed by atoms with Gasteiger partial charge in [-0.15, -0.1) is 11.3 Å². The highest BCUT2D eigenvalue weighted by Crippen LogP contribution is 2.29. The van der Waals surface area contributed by atoms with E-state index in [1.807, 2.05) is 19.1 Å². The van der Waals surface area contributed by atoms with E-state index >= 15 is 0 Å². The van der Waals surface area contributed by atoms with E-state index in [0.717, 1.165) is 59.2 Å². The van der Waals surface area contributed by atoms with Gasteiger partial charge in [0.05, 0.1) is 26.6 Å². The lowest BCUT2D eigenvalue weighted by Gasteiger charge is -2.09. The van der Waals surface area contributed by atoms with E-state index in [1.165, 1.54) is 6.42 Å². The number of nitrogens with two attached hydrogens (primary N) is 1. The summed E-state index contributed by atoms with van der Waals surface area (Å²) in [5.74, 6) is 0. The number of aryl methyl sites for hydroxylation is 1. The largest absolute Gasteiger partial charge is 0.397 e.